The summed E-state index contributed by atoms with van der Waals surface area (Å²) < 4.78 is 0. The van der Waals surface area contributed by atoms with Crippen LogP contribution in [0.1, 0.15) is 53.1 Å². The Kier molecular flexibility index (Phi) is 5.64. The minimum Gasteiger partial charge on any atom is -0.366 e. The zero-order chi connectivity index (χ0) is 17.6. The van der Waals surface area contributed by atoms with E-state index in [0.717, 1.165) is 25.9 Å². The predicted molar refractivity (Wildman–Crippen MR) is 99.6 cm³/mol. The van der Waals surface area contributed by atoms with Crippen molar-refractivity contribution in [3.8, 4) is 0 Å². The van der Waals surface area contributed by atoms with Gasteiger partial charge in [0.15, 0.2) is 0 Å². The van der Waals surface area contributed by atoms with Crippen molar-refractivity contribution in [1.29, 1.82) is 0 Å². The molecule has 5 heteroatoms. The van der Waals surface area contributed by atoms with Gasteiger partial charge in [-0.3, -0.25) is 4.79 Å². The highest BCUT2D eigenvalue weighted by molar-refractivity contribution is 5.93. The highest BCUT2D eigenvalue weighted by Crippen LogP contribution is 2.15. The molecule has 1 aromatic heterocycles. The second-order valence-electron chi connectivity index (χ2n) is 6.73. The number of aromatic nitrogens is 2. The first-order valence-corrected chi connectivity index (χ1v) is 9.06. The lowest BCUT2D eigenvalue weighted by atomic mass is 10.1. The highest BCUT2D eigenvalue weighted by atomic mass is 16.2. The maximum Gasteiger partial charge on any atom is 0.272 e. The third kappa shape index (κ3) is 4.78. The number of carbonyl (C=O) groups excluding carboxylic acids is 1. The van der Waals surface area contributed by atoms with E-state index in [1.165, 1.54) is 24.0 Å². The zero-order valence-corrected chi connectivity index (χ0v) is 15.1. The minimum atomic E-state index is 0.0194. The molecular formula is C20H26N4O. The number of amides is 1. The first kappa shape index (κ1) is 17.4. The van der Waals surface area contributed by atoms with Crippen LogP contribution < -0.4 is 5.32 Å². The van der Waals surface area contributed by atoms with Crippen molar-refractivity contribution >= 4 is 11.7 Å². The van der Waals surface area contributed by atoms with Gasteiger partial charge in [-0.1, -0.05) is 42.7 Å². The Morgan fingerprint density at radius 3 is 2.56 bits per heavy atom. The summed E-state index contributed by atoms with van der Waals surface area (Å²) in [7, 11) is 0. The molecule has 1 aliphatic rings. The number of aryl methyl sites for hydroxylation is 2. The third-order valence-electron chi connectivity index (χ3n) is 4.51. The molecule has 2 heterocycles. The fourth-order valence-corrected chi connectivity index (χ4v) is 3.22. The largest absolute Gasteiger partial charge is 0.366 e. The highest BCUT2D eigenvalue weighted by Gasteiger charge is 2.19. The van der Waals surface area contributed by atoms with Crippen LogP contribution in [0.4, 0.5) is 5.82 Å². The molecule has 0 aliphatic carbocycles. The van der Waals surface area contributed by atoms with E-state index in [-0.39, 0.29) is 5.91 Å². The van der Waals surface area contributed by atoms with Gasteiger partial charge in [0, 0.05) is 25.7 Å². The van der Waals surface area contributed by atoms with Crippen LogP contribution in [0.3, 0.4) is 0 Å². The zero-order valence-electron chi connectivity index (χ0n) is 15.1. The average Bonchev–Trinajstić information content (AvgIpc) is 2.88. The summed E-state index contributed by atoms with van der Waals surface area (Å²) in [6.45, 7) is 6.24. The van der Waals surface area contributed by atoms with Crippen molar-refractivity contribution in [2.45, 2.75) is 46.1 Å². The summed E-state index contributed by atoms with van der Waals surface area (Å²) in [5.74, 6) is 1.34. The normalized spacial score (nSPS) is 14.9. The van der Waals surface area contributed by atoms with E-state index in [1.54, 1.807) is 6.07 Å². The quantitative estimate of drug-likeness (QED) is 0.923. The topological polar surface area (TPSA) is 58.1 Å². The molecule has 0 saturated carbocycles. The van der Waals surface area contributed by atoms with Gasteiger partial charge in [-0.2, -0.15) is 0 Å². The maximum atomic E-state index is 12.8. The van der Waals surface area contributed by atoms with E-state index < -0.39 is 0 Å². The lowest BCUT2D eigenvalue weighted by Crippen LogP contribution is -2.32. The summed E-state index contributed by atoms with van der Waals surface area (Å²) in [5.41, 5.74) is 2.91. The number of nitrogens with zero attached hydrogens (tertiary/aromatic N) is 3. The fourth-order valence-electron chi connectivity index (χ4n) is 3.22. The number of benzene rings is 1. The van der Waals surface area contributed by atoms with E-state index in [1.807, 2.05) is 17.9 Å². The van der Waals surface area contributed by atoms with Crippen LogP contribution >= 0.6 is 0 Å². The monoisotopic (exact) mass is 338 g/mol. The number of anilines is 1. The van der Waals surface area contributed by atoms with Crippen molar-refractivity contribution in [1.82, 2.24) is 14.9 Å². The van der Waals surface area contributed by atoms with Gasteiger partial charge < -0.3 is 10.2 Å². The third-order valence-corrected chi connectivity index (χ3v) is 4.51. The molecule has 0 radical (unpaired) electrons. The molecule has 1 aliphatic heterocycles. The van der Waals surface area contributed by atoms with E-state index in [9.17, 15) is 4.79 Å². The second kappa shape index (κ2) is 8.10. The van der Waals surface area contributed by atoms with Gasteiger partial charge in [-0.05, 0) is 32.3 Å². The SMILES string of the molecule is Cc1cccc(CNc2cc(C(=O)N3CCCCCC3)nc(C)n2)c1. The molecule has 2 aromatic rings. The van der Waals surface area contributed by atoms with Crippen LogP contribution in [0.25, 0.3) is 0 Å². The smallest absolute Gasteiger partial charge is 0.272 e. The molecule has 0 atom stereocenters. The van der Waals surface area contributed by atoms with Gasteiger partial charge in [-0.15, -0.1) is 0 Å². The van der Waals surface area contributed by atoms with Crippen molar-refractivity contribution in [3.63, 3.8) is 0 Å². The number of likely N-dealkylation sites (tertiary alicyclic amines) is 1. The van der Waals surface area contributed by atoms with E-state index >= 15 is 0 Å². The Hall–Kier alpha value is -2.43. The Labute approximate surface area is 149 Å². The molecule has 3 rings (SSSR count). The van der Waals surface area contributed by atoms with E-state index in [4.69, 9.17) is 0 Å². The van der Waals surface area contributed by atoms with Gasteiger partial charge in [0.2, 0.25) is 0 Å². The maximum absolute atomic E-state index is 12.8. The van der Waals surface area contributed by atoms with Crippen molar-refractivity contribution < 1.29 is 4.79 Å². The first-order valence-electron chi connectivity index (χ1n) is 9.06. The van der Waals surface area contributed by atoms with Crippen LogP contribution in [0, 0.1) is 13.8 Å². The van der Waals surface area contributed by atoms with E-state index in [0.29, 0.717) is 23.9 Å². The Balaban J connectivity index is 1.72. The number of carbonyl (C=O) groups is 1. The van der Waals surface area contributed by atoms with Gasteiger partial charge in [0.1, 0.15) is 17.3 Å². The number of nitrogens with one attached hydrogen (secondary N) is 1. The van der Waals surface area contributed by atoms with Gasteiger partial charge in [0.05, 0.1) is 0 Å². The van der Waals surface area contributed by atoms with Crippen molar-refractivity contribution in [2.24, 2.45) is 0 Å². The molecule has 1 amide bonds. The summed E-state index contributed by atoms with van der Waals surface area (Å²) in [6, 6.07) is 10.1. The Morgan fingerprint density at radius 1 is 1.08 bits per heavy atom. The van der Waals surface area contributed by atoms with Crippen molar-refractivity contribution in [2.75, 3.05) is 18.4 Å². The Morgan fingerprint density at radius 2 is 1.84 bits per heavy atom. The van der Waals surface area contributed by atoms with Crippen LogP contribution in [-0.4, -0.2) is 33.9 Å². The van der Waals surface area contributed by atoms with Crippen molar-refractivity contribution in [3.05, 3.63) is 53.0 Å². The predicted octanol–water partition coefficient (Wildman–Crippen LogP) is 3.72. The van der Waals surface area contributed by atoms with Gasteiger partial charge in [0.25, 0.3) is 5.91 Å². The summed E-state index contributed by atoms with van der Waals surface area (Å²) in [6.07, 6.45) is 4.56. The molecule has 0 unspecified atom stereocenters. The molecule has 1 aromatic carbocycles. The fraction of sp³-hybridized carbons (Fsp3) is 0.450. The van der Waals surface area contributed by atoms with Crippen LogP contribution in [0.5, 0.6) is 0 Å². The van der Waals surface area contributed by atoms with Crippen LogP contribution in [-0.2, 0) is 6.54 Å². The standard InChI is InChI=1S/C20H26N4O/c1-15-8-7-9-17(12-15)14-21-19-13-18(22-16(2)23-19)20(25)24-10-5-3-4-6-11-24/h7-9,12-13H,3-6,10-11,14H2,1-2H3,(H,21,22,23). The average molecular weight is 338 g/mol. The van der Waals surface area contributed by atoms with Gasteiger partial charge >= 0.3 is 0 Å². The first-order chi connectivity index (χ1) is 12.1. The molecule has 0 spiro atoms. The molecule has 25 heavy (non-hydrogen) atoms. The van der Waals surface area contributed by atoms with Crippen LogP contribution in [0.2, 0.25) is 0 Å². The molecule has 0 bridgehead atoms. The molecule has 1 saturated heterocycles. The molecule has 132 valence electrons. The van der Waals surface area contributed by atoms with Crippen LogP contribution in [0.15, 0.2) is 30.3 Å². The number of rotatable bonds is 4. The summed E-state index contributed by atoms with van der Waals surface area (Å²) in [4.78, 5) is 23.5. The number of hydrogen-bond acceptors (Lipinski definition) is 4. The lowest BCUT2D eigenvalue weighted by molar-refractivity contribution is 0.0755. The summed E-state index contributed by atoms with van der Waals surface area (Å²) >= 11 is 0. The Bertz CT molecular complexity index is 736. The summed E-state index contributed by atoms with van der Waals surface area (Å²) in [5, 5.41) is 3.32. The molecule has 5 nitrogen and oxygen atoms in total. The lowest BCUT2D eigenvalue weighted by Gasteiger charge is -2.20. The second-order valence-corrected chi connectivity index (χ2v) is 6.73. The van der Waals surface area contributed by atoms with E-state index in [2.05, 4.69) is 40.4 Å². The minimum absolute atomic E-state index is 0.0194. The molecule has 1 N–H and O–H groups in total. The number of hydrogen-bond donors (Lipinski definition) is 1. The molecule has 1 fully saturated rings. The van der Waals surface area contributed by atoms with Gasteiger partial charge in [-0.25, -0.2) is 9.97 Å². The molecular weight excluding hydrogens is 312 g/mol.